The summed E-state index contributed by atoms with van der Waals surface area (Å²) in [5.74, 6) is 1.22. The van der Waals surface area contributed by atoms with Crippen LogP contribution >= 0.6 is 0 Å². The van der Waals surface area contributed by atoms with Gasteiger partial charge in [0.05, 0.1) is 5.92 Å². The second kappa shape index (κ2) is 4.51. The Morgan fingerprint density at radius 1 is 1.62 bits per heavy atom. The van der Waals surface area contributed by atoms with Crippen LogP contribution in [-0.2, 0) is 4.79 Å². The van der Waals surface area contributed by atoms with Gasteiger partial charge in [0, 0.05) is 26.3 Å². The average molecular weight is 219 g/mol. The van der Waals surface area contributed by atoms with E-state index < -0.39 is 0 Å². The van der Waals surface area contributed by atoms with Crippen LogP contribution in [0.25, 0.3) is 0 Å². The van der Waals surface area contributed by atoms with Crippen molar-refractivity contribution in [2.45, 2.75) is 13.3 Å². The Labute approximate surface area is 95.7 Å². The van der Waals surface area contributed by atoms with E-state index in [-0.39, 0.29) is 11.8 Å². The van der Waals surface area contributed by atoms with E-state index in [2.05, 4.69) is 28.2 Å². The maximum Gasteiger partial charge on any atom is 0.224 e. The normalized spacial score (nSPS) is 19.9. The molecule has 0 saturated carbocycles. The van der Waals surface area contributed by atoms with Crippen LogP contribution in [0.3, 0.4) is 0 Å². The first-order valence-electron chi connectivity index (χ1n) is 5.60. The van der Waals surface area contributed by atoms with E-state index in [4.69, 9.17) is 0 Å². The number of carbonyl (C=O) groups is 1. The van der Waals surface area contributed by atoms with Gasteiger partial charge in [-0.15, -0.1) is 0 Å². The van der Waals surface area contributed by atoms with Gasteiger partial charge < -0.3 is 10.2 Å². The standard InChI is InChI=1S/C12H17N3O/c1-9-3-5-14-11(7-9)15-6-4-10(8-15)12(16)13-2/h3,5,7,10H,4,6,8H2,1-2H3,(H,13,16). The molecule has 4 nitrogen and oxygen atoms in total. The molecular weight excluding hydrogens is 202 g/mol. The smallest absolute Gasteiger partial charge is 0.224 e. The van der Waals surface area contributed by atoms with Gasteiger partial charge in [0.25, 0.3) is 0 Å². The predicted octanol–water partition coefficient (Wildman–Crippen LogP) is 0.962. The van der Waals surface area contributed by atoms with E-state index in [1.165, 1.54) is 5.56 Å². The molecule has 2 heterocycles. The SMILES string of the molecule is CNC(=O)C1CCN(c2cc(C)ccn2)C1. The molecule has 2 rings (SSSR count). The summed E-state index contributed by atoms with van der Waals surface area (Å²) in [5.41, 5.74) is 1.20. The molecule has 1 saturated heterocycles. The molecule has 1 N–H and O–H groups in total. The monoisotopic (exact) mass is 219 g/mol. The van der Waals surface area contributed by atoms with Crippen molar-refractivity contribution in [2.24, 2.45) is 5.92 Å². The Morgan fingerprint density at radius 3 is 3.12 bits per heavy atom. The Bertz CT molecular complexity index is 392. The number of carbonyl (C=O) groups excluding carboxylic acids is 1. The van der Waals surface area contributed by atoms with E-state index in [1.807, 2.05) is 12.3 Å². The van der Waals surface area contributed by atoms with E-state index >= 15 is 0 Å². The lowest BCUT2D eigenvalue weighted by molar-refractivity contribution is -0.123. The van der Waals surface area contributed by atoms with Crippen LogP contribution in [0.15, 0.2) is 18.3 Å². The first-order valence-corrected chi connectivity index (χ1v) is 5.60. The zero-order valence-electron chi connectivity index (χ0n) is 9.73. The number of amides is 1. The van der Waals surface area contributed by atoms with Gasteiger partial charge in [0.2, 0.25) is 5.91 Å². The molecule has 1 amide bonds. The van der Waals surface area contributed by atoms with Crippen LogP contribution in [0.1, 0.15) is 12.0 Å². The summed E-state index contributed by atoms with van der Waals surface area (Å²) >= 11 is 0. The third-order valence-corrected chi connectivity index (χ3v) is 3.03. The van der Waals surface area contributed by atoms with Gasteiger partial charge in [-0.1, -0.05) is 0 Å². The van der Waals surface area contributed by atoms with Crippen LogP contribution in [0, 0.1) is 12.8 Å². The van der Waals surface area contributed by atoms with Crippen LogP contribution in [0.2, 0.25) is 0 Å². The van der Waals surface area contributed by atoms with Crippen molar-refractivity contribution < 1.29 is 4.79 Å². The summed E-state index contributed by atoms with van der Waals surface area (Å²) < 4.78 is 0. The molecule has 4 heteroatoms. The average Bonchev–Trinajstić information content (AvgIpc) is 2.77. The molecule has 1 atom stereocenters. The molecule has 1 aliphatic heterocycles. The number of aromatic nitrogens is 1. The van der Waals surface area contributed by atoms with E-state index in [9.17, 15) is 4.79 Å². The largest absolute Gasteiger partial charge is 0.359 e. The lowest BCUT2D eigenvalue weighted by Crippen LogP contribution is -2.30. The minimum atomic E-state index is 0.104. The molecular formula is C12H17N3O. The maximum absolute atomic E-state index is 11.5. The number of hydrogen-bond donors (Lipinski definition) is 1. The molecule has 0 aliphatic carbocycles. The highest BCUT2D eigenvalue weighted by Gasteiger charge is 2.28. The van der Waals surface area contributed by atoms with Crippen molar-refractivity contribution in [3.63, 3.8) is 0 Å². The number of anilines is 1. The number of aryl methyl sites for hydroxylation is 1. The fourth-order valence-corrected chi connectivity index (χ4v) is 2.08. The molecule has 1 aliphatic rings. The van der Waals surface area contributed by atoms with Gasteiger partial charge in [0.15, 0.2) is 0 Å². The fourth-order valence-electron chi connectivity index (χ4n) is 2.08. The van der Waals surface area contributed by atoms with Crippen LogP contribution in [-0.4, -0.2) is 31.0 Å². The highest BCUT2D eigenvalue weighted by molar-refractivity contribution is 5.79. The van der Waals surface area contributed by atoms with Crippen molar-refractivity contribution in [3.8, 4) is 0 Å². The summed E-state index contributed by atoms with van der Waals surface area (Å²) in [7, 11) is 1.69. The quantitative estimate of drug-likeness (QED) is 0.806. The molecule has 0 radical (unpaired) electrons. The van der Waals surface area contributed by atoms with E-state index in [0.717, 1.165) is 25.3 Å². The third kappa shape index (κ3) is 2.15. The second-order valence-electron chi connectivity index (χ2n) is 4.24. The number of pyridine rings is 1. The molecule has 1 aromatic heterocycles. The molecule has 1 unspecified atom stereocenters. The van der Waals surface area contributed by atoms with Crippen LogP contribution in [0.4, 0.5) is 5.82 Å². The zero-order chi connectivity index (χ0) is 11.5. The van der Waals surface area contributed by atoms with E-state index in [1.54, 1.807) is 7.05 Å². The van der Waals surface area contributed by atoms with Gasteiger partial charge in [-0.05, 0) is 31.0 Å². The highest BCUT2D eigenvalue weighted by atomic mass is 16.1. The van der Waals surface area contributed by atoms with Crippen molar-refractivity contribution >= 4 is 11.7 Å². The Kier molecular flexibility index (Phi) is 3.08. The second-order valence-corrected chi connectivity index (χ2v) is 4.24. The lowest BCUT2D eigenvalue weighted by Gasteiger charge is -2.17. The van der Waals surface area contributed by atoms with Gasteiger partial charge in [-0.2, -0.15) is 0 Å². The summed E-state index contributed by atoms with van der Waals surface area (Å²) in [6, 6.07) is 4.04. The topological polar surface area (TPSA) is 45.2 Å². The zero-order valence-corrected chi connectivity index (χ0v) is 9.73. The number of hydrogen-bond acceptors (Lipinski definition) is 3. The molecule has 0 spiro atoms. The van der Waals surface area contributed by atoms with Crippen LogP contribution < -0.4 is 10.2 Å². The summed E-state index contributed by atoms with van der Waals surface area (Å²) in [4.78, 5) is 18.0. The minimum absolute atomic E-state index is 0.104. The van der Waals surface area contributed by atoms with Crippen molar-refractivity contribution in [3.05, 3.63) is 23.9 Å². The summed E-state index contributed by atoms with van der Waals surface area (Å²) in [6.07, 6.45) is 2.73. The first kappa shape index (κ1) is 10.9. The van der Waals surface area contributed by atoms with Crippen LogP contribution in [0.5, 0.6) is 0 Å². The molecule has 1 aromatic rings. The van der Waals surface area contributed by atoms with Crippen molar-refractivity contribution in [2.75, 3.05) is 25.0 Å². The number of rotatable bonds is 2. The Morgan fingerprint density at radius 2 is 2.44 bits per heavy atom. The van der Waals surface area contributed by atoms with E-state index in [0.29, 0.717) is 0 Å². The van der Waals surface area contributed by atoms with Gasteiger partial charge in [-0.25, -0.2) is 4.98 Å². The summed E-state index contributed by atoms with van der Waals surface area (Å²) in [6.45, 7) is 3.74. The molecule has 16 heavy (non-hydrogen) atoms. The third-order valence-electron chi connectivity index (χ3n) is 3.03. The van der Waals surface area contributed by atoms with Gasteiger partial charge in [-0.3, -0.25) is 4.79 Å². The number of nitrogens with one attached hydrogen (secondary N) is 1. The van der Waals surface area contributed by atoms with Crippen molar-refractivity contribution in [1.29, 1.82) is 0 Å². The molecule has 0 bridgehead atoms. The molecule has 1 fully saturated rings. The molecule has 86 valence electrons. The number of nitrogens with zero attached hydrogens (tertiary/aromatic N) is 2. The van der Waals surface area contributed by atoms with Gasteiger partial charge in [0.1, 0.15) is 5.82 Å². The van der Waals surface area contributed by atoms with Crippen molar-refractivity contribution in [1.82, 2.24) is 10.3 Å². The lowest BCUT2D eigenvalue weighted by atomic mass is 10.1. The Balaban J connectivity index is 2.06. The predicted molar refractivity (Wildman–Crippen MR) is 63.4 cm³/mol. The molecule has 0 aromatic carbocycles. The highest BCUT2D eigenvalue weighted by Crippen LogP contribution is 2.22. The maximum atomic E-state index is 11.5. The van der Waals surface area contributed by atoms with Gasteiger partial charge >= 0.3 is 0 Å². The minimum Gasteiger partial charge on any atom is -0.359 e. The first-order chi connectivity index (χ1) is 7.70. The Hall–Kier alpha value is -1.58. The summed E-state index contributed by atoms with van der Waals surface area (Å²) in [5, 5.41) is 2.70. The fraction of sp³-hybridized carbons (Fsp3) is 0.500.